The third-order valence-electron chi connectivity index (χ3n) is 2.73. The summed E-state index contributed by atoms with van der Waals surface area (Å²) in [4.78, 5) is 0. The minimum Gasteiger partial charge on any atom is -0.365 e. The molecule has 0 amide bonds. The van der Waals surface area contributed by atoms with Crippen molar-refractivity contribution in [1.29, 1.82) is 0 Å². The number of hydrogen-bond acceptors (Lipinski definition) is 3. The van der Waals surface area contributed by atoms with Crippen LogP contribution in [0.3, 0.4) is 0 Å². The standard InChI is InChI=1S/C10H18N4/c1-8-3-4-9(7-11-8)12-10-5-6-14(2)13-10/h5-6,8-9,11H,3-4,7H2,1-2H3,(H,12,13). The summed E-state index contributed by atoms with van der Waals surface area (Å²) in [6.45, 7) is 3.27. The van der Waals surface area contributed by atoms with Gasteiger partial charge in [-0.2, -0.15) is 5.10 Å². The number of rotatable bonds is 2. The van der Waals surface area contributed by atoms with Crippen LogP contribution in [-0.2, 0) is 7.05 Å². The van der Waals surface area contributed by atoms with Gasteiger partial charge in [0.15, 0.2) is 0 Å². The topological polar surface area (TPSA) is 41.9 Å². The summed E-state index contributed by atoms with van der Waals surface area (Å²) in [7, 11) is 1.94. The second-order valence-corrected chi connectivity index (χ2v) is 4.10. The van der Waals surface area contributed by atoms with E-state index in [1.54, 1.807) is 0 Å². The summed E-state index contributed by atoms with van der Waals surface area (Å²) in [5, 5.41) is 11.2. The van der Waals surface area contributed by atoms with Crippen molar-refractivity contribution in [3.63, 3.8) is 0 Å². The number of aromatic nitrogens is 2. The smallest absolute Gasteiger partial charge is 0.148 e. The van der Waals surface area contributed by atoms with Crippen molar-refractivity contribution >= 4 is 5.82 Å². The molecule has 0 aromatic carbocycles. The van der Waals surface area contributed by atoms with Crippen LogP contribution >= 0.6 is 0 Å². The molecule has 1 aromatic rings. The van der Waals surface area contributed by atoms with Crippen LogP contribution in [0, 0.1) is 0 Å². The number of anilines is 1. The summed E-state index contributed by atoms with van der Waals surface area (Å²) in [5.74, 6) is 0.980. The molecular weight excluding hydrogens is 176 g/mol. The molecule has 1 aliphatic heterocycles. The lowest BCUT2D eigenvalue weighted by Crippen LogP contribution is -2.43. The Morgan fingerprint density at radius 2 is 2.43 bits per heavy atom. The van der Waals surface area contributed by atoms with Crippen LogP contribution in [0.5, 0.6) is 0 Å². The molecule has 4 heteroatoms. The lowest BCUT2D eigenvalue weighted by Gasteiger charge is -2.28. The molecule has 0 aliphatic carbocycles. The first-order chi connectivity index (χ1) is 6.74. The molecule has 2 N–H and O–H groups in total. The Morgan fingerprint density at radius 3 is 3.00 bits per heavy atom. The Morgan fingerprint density at radius 1 is 1.57 bits per heavy atom. The first kappa shape index (κ1) is 9.52. The summed E-state index contributed by atoms with van der Waals surface area (Å²) in [6, 6.07) is 3.20. The van der Waals surface area contributed by atoms with Crippen LogP contribution in [0.2, 0.25) is 0 Å². The summed E-state index contributed by atoms with van der Waals surface area (Å²) >= 11 is 0. The van der Waals surface area contributed by atoms with E-state index in [1.165, 1.54) is 12.8 Å². The van der Waals surface area contributed by atoms with Crippen molar-refractivity contribution in [3.8, 4) is 0 Å². The Labute approximate surface area is 84.7 Å². The first-order valence-corrected chi connectivity index (χ1v) is 5.23. The molecule has 2 atom stereocenters. The average Bonchev–Trinajstić information content (AvgIpc) is 2.56. The van der Waals surface area contributed by atoms with Crippen molar-refractivity contribution in [2.75, 3.05) is 11.9 Å². The maximum absolute atomic E-state index is 4.30. The largest absolute Gasteiger partial charge is 0.365 e. The zero-order chi connectivity index (χ0) is 9.97. The SMILES string of the molecule is CC1CCC(Nc2ccn(C)n2)CN1. The molecule has 2 rings (SSSR count). The summed E-state index contributed by atoms with van der Waals surface area (Å²) in [6.07, 6.45) is 4.43. The number of piperidine rings is 1. The fourth-order valence-electron chi connectivity index (χ4n) is 1.82. The number of nitrogens with one attached hydrogen (secondary N) is 2. The van der Waals surface area contributed by atoms with Crippen molar-refractivity contribution < 1.29 is 0 Å². The molecule has 78 valence electrons. The minimum absolute atomic E-state index is 0.529. The summed E-state index contributed by atoms with van der Waals surface area (Å²) < 4.78 is 1.82. The lowest BCUT2D eigenvalue weighted by molar-refractivity contribution is 0.398. The van der Waals surface area contributed by atoms with E-state index in [4.69, 9.17) is 0 Å². The van der Waals surface area contributed by atoms with E-state index >= 15 is 0 Å². The van der Waals surface area contributed by atoms with Crippen LogP contribution in [0.1, 0.15) is 19.8 Å². The van der Waals surface area contributed by atoms with Gasteiger partial charge in [0.05, 0.1) is 0 Å². The van der Waals surface area contributed by atoms with Crippen molar-refractivity contribution in [3.05, 3.63) is 12.3 Å². The molecular formula is C10H18N4. The van der Waals surface area contributed by atoms with E-state index in [0.717, 1.165) is 12.4 Å². The van der Waals surface area contributed by atoms with Crippen LogP contribution in [0.25, 0.3) is 0 Å². The highest BCUT2D eigenvalue weighted by Gasteiger charge is 2.17. The summed E-state index contributed by atoms with van der Waals surface area (Å²) in [5.41, 5.74) is 0. The maximum Gasteiger partial charge on any atom is 0.148 e. The van der Waals surface area contributed by atoms with Crippen LogP contribution in [0.4, 0.5) is 5.82 Å². The van der Waals surface area contributed by atoms with E-state index in [9.17, 15) is 0 Å². The van der Waals surface area contributed by atoms with E-state index in [2.05, 4.69) is 22.7 Å². The highest BCUT2D eigenvalue weighted by Crippen LogP contribution is 2.12. The maximum atomic E-state index is 4.30. The first-order valence-electron chi connectivity index (χ1n) is 5.23. The molecule has 1 saturated heterocycles. The highest BCUT2D eigenvalue weighted by molar-refractivity contribution is 5.33. The zero-order valence-corrected chi connectivity index (χ0v) is 8.83. The molecule has 2 heterocycles. The van der Waals surface area contributed by atoms with Gasteiger partial charge in [-0.05, 0) is 19.8 Å². The number of nitrogens with zero attached hydrogens (tertiary/aromatic N) is 2. The molecule has 2 unspecified atom stereocenters. The van der Waals surface area contributed by atoms with E-state index in [-0.39, 0.29) is 0 Å². The van der Waals surface area contributed by atoms with Gasteiger partial charge in [0, 0.05) is 37.9 Å². The molecule has 1 aliphatic rings. The molecule has 4 nitrogen and oxygen atoms in total. The fraction of sp³-hybridized carbons (Fsp3) is 0.700. The third-order valence-corrected chi connectivity index (χ3v) is 2.73. The molecule has 0 saturated carbocycles. The van der Waals surface area contributed by atoms with Gasteiger partial charge in [-0.1, -0.05) is 0 Å². The lowest BCUT2D eigenvalue weighted by atomic mass is 10.0. The molecule has 1 fully saturated rings. The predicted molar refractivity (Wildman–Crippen MR) is 57.3 cm³/mol. The van der Waals surface area contributed by atoms with E-state index < -0.39 is 0 Å². The Balaban J connectivity index is 1.86. The van der Waals surface area contributed by atoms with Crippen molar-refractivity contribution in [2.45, 2.75) is 31.8 Å². The van der Waals surface area contributed by atoms with Gasteiger partial charge in [0.2, 0.25) is 0 Å². The highest BCUT2D eigenvalue weighted by atomic mass is 15.3. The molecule has 0 bridgehead atoms. The van der Waals surface area contributed by atoms with Crippen molar-refractivity contribution in [2.24, 2.45) is 7.05 Å². The zero-order valence-electron chi connectivity index (χ0n) is 8.83. The molecule has 0 spiro atoms. The molecule has 1 aromatic heterocycles. The van der Waals surface area contributed by atoms with Gasteiger partial charge in [0.25, 0.3) is 0 Å². The van der Waals surface area contributed by atoms with Gasteiger partial charge < -0.3 is 10.6 Å². The van der Waals surface area contributed by atoms with Crippen LogP contribution in [0.15, 0.2) is 12.3 Å². The van der Waals surface area contributed by atoms with Gasteiger partial charge in [0.1, 0.15) is 5.82 Å². The fourth-order valence-corrected chi connectivity index (χ4v) is 1.82. The second kappa shape index (κ2) is 4.00. The van der Waals surface area contributed by atoms with Gasteiger partial charge in [-0.15, -0.1) is 0 Å². The molecule has 0 radical (unpaired) electrons. The number of aryl methyl sites for hydroxylation is 1. The Hall–Kier alpha value is -1.03. The monoisotopic (exact) mass is 194 g/mol. The van der Waals surface area contributed by atoms with Crippen molar-refractivity contribution in [1.82, 2.24) is 15.1 Å². The predicted octanol–water partition coefficient (Wildman–Crippen LogP) is 0.972. The van der Waals surface area contributed by atoms with Gasteiger partial charge >= 0.3 is 0 Å². The molecule has 14 heavy (non-hydrogen) atoms. The normalized spacial score (nSPS) is 27.6. The minimum atomic E-state index is 0.529. The number of hydrogen-bond donors (Lipinski definition) is 2. The van der Waals surface area contributed by atoms with E-state index in [1.807, 2.05) is 24.0 Å². The quantitative estimate of drug-likeness (QED) is 0.737. The van der Waals surface area contributed by atoms with E-state index in [0.29, 0.717) is 12.1 Å². The van der Waals surface area contributed by atoms with Gasteiger partial charge in [-0.3, -0.25) is 4.68 Å². The van der Waals surface area contributed by atoms with Gasteiger partial charge in [-0.25, -0.2) is 0 Å². The average molecular weight is 194 g/mol. The third kappa shape index (κ3) is 2.26. The van der Waals surface area contributed by atoms with Crippen LogP contribution < -0.4 is 10.6 Å². The Kier molecular flexibility index (Phi) is 2.72. The Bertz CT molecular complexity index is 286. The second-order valence-electron chi connectivity index (χ2n) is 4.10. The van der Waals surface area contributed by atoms with Crippen LogP contribution in [-0.4, -0.2) is 28.4 Å².